The maximum Gasteiger partial charge on any atom is 0.238 e. The second-order valence-corrected chi connectivity index (χ2v) is 6.07. The largest absolute Gasteiger partial charge is 0.373 e. The lowest BCUT2D eigenvalue weighted by atomic mass is 9.99. The fourth-order valence-corrected chi connectivity index (χ4v) is 2.73. The zero-order chi connectivity index (χ0) is 13.3. The van der Waals surface area contributed by atoms with Gasteiger partial charge in [-0.2, -0.15) is 0 Å². The van der Waals surface area contributed by atoms with E-state index in [1.807, 2.05) is 6.92 Å². The van der Waals surface area contributed by atoms with E-state index < -0.39 is 5.54 Å². The number of morpholine rings is 1. The summed E-state index contributed by atoms with van der Waals surface area (Å²) >= 11 is 0. The molecule has 1 aliphatic heterocycles. The number of carbonyl (C=O) groups is 1. The van der Waals surface area contributed by atoms with Crippen LogP contribution < -0.4 is 11.1 Å². The number of carbonyl (C=O) groups excluding carboxylic acids is 1. The molecular weight excluding hydrogens is 230 g/mol. The highest BCUT2D eigenvalue weighted by atomic mass is 16.5. The number of rotatable bonds is 5. The van der Waals surface area contributed by atoms with Gasteiger partial charge in [-0.1, -0.05) is 0 Å². The van der Waals surface area contributed by atoms with Crippen LogP contribution in [0.5, 0.6) is 0 Å². The first-order chi connectivity index (χ1) is 8.39. The van der Waals surface area contributed by atoms with Gasteiger partial charge < -0.3 is 10.5 Å². The van der Waals surface area contributed by atoms with Crippen molar-refractivity contribution in [1.82, 2.24) is 10.2 Å². The molecule has 18 heavy (non-hydrogen) atoms. The molecule has 1 amide bonds. The zero-order valence-corrected chi connectivity index (χ0v) is 11.6. The molecular formula is C13H25N3O2. The van der Waals surface area contributed by atoms with E-state index in [0.29, 0.717) is 12.6 Å². The lowest BCUT2D eigenvalue weighted by Crippen LogP contribution is -2.62. The van der Waals surface area contributed by atoms with Crippen molar-refractivity contribution in [3.8, 4) is 0 Å². The van der Waals surface area contributed by atoms with Gasteiger partial charge in [-0.25, -0.2) is 0 Å². The minimum absolute atomic E-state index is 0.215. The molecule has 5 nitrogen and oxygen atoms in total. The van der Waals surface area contributed by atoms with Crippen LogP contribution in [0.2, 0.25) is 0 Å². The maximum atomic E-state index is 11.7. The van der Waals surface area contributed by atoms with E-state index in [0.717, 1.165) is 25.9 Å². The minimum Gasteiger partial charge on any atom is -0.373 e. The van der Waals surface area contributed by atoms with Crippen LogP contribution in [0.3, 0.4) is 0 Å². The summed E-state index contributed by atoms with van der Waals surface area (Å²) in [6, 6.07) is 0.471. The fraction of sp³-hybridized carbons (Fsp3) is 0.923. The lowest BCUT2D eigenvalue weighted by molar-refractivity contribution is -0.126. The van der Waals surface area contributed by atoms with E-state index in [-0.39, 0.29) is 18.1 Å². The van der Waals surface area contributed by atoms with Crippen molar-refractivity contribution in [1.29, 1.82) is 0 Å². The first-order valence-electron chi connectivity index (χ1n) is 6.84. The molecule has 1 aliphatic carbocycles. The quantitative estimate of drug-likeness (QED) is 0.731. The molecule has 0 aromatic rings. The SMILES string of the molecule is C[C@@H]1CN(CC(C)(NC2CC2)C(N)=O)C[C@H](C)O1. The Hall–Kier alpha value is -0.650. The van der Waals surface area contributed by atoms with E-state index in [1.165, 1.54) is 0 Å². The van der Waals surface area contributed by atoms with E-state index in [4.69, 9.17) is 10.5 Å². The van der Waals surface area contributed by atoms with Crippen LogP contribution in [0.25, 0.3) is 0 Å². The Bertz CT molecular complexity index is 309. The smallest absolute Gasteiger partial charge is 0.238 e. The highest BCUT2D eigenvalue weighted by Gasteiger charge is 2.39. The molecule has 1 heterocycles. The molecule has 1 saturated heterocycles. The van der Waals surface area contributed by atoms with Crippen molar-refractivity contribution in [2.75, 3.05) is 19.6 Å². The average Bonchev–Trinajstić information content (AvgIpc) is 2.99. The fourth-order valence-electron chi connectivity index (χ4n) is 2.73. The summed E-state index contributed by atoms with van der Waals surface area (Å²) in [6.07, 6.45) is 2.73. The Morgan fingerprint density at radius 3 is 2.39 bits per heavy atom. The van der Waals surface area contributed by atoms with Crippen molar-refractivity contribution < 1.29 is 9.53 Å². The van der Waals surface area contributed by atoms with Crippen LogP contribution in [0.4, 0.5) is 0 Å². The third-order valence-electron chi connectivity index (χ3n) is 3.68. The Labute approximate surface area is 109 Å². The number of hydrogen-bond acceptors (Lipinski definition) is 4. The third-order valence-corrected chi connectivity index (χ3v) is 3.68. The molecule has 0 radical (unpaired) electrons. The van der Waals surface area contributed by atoms with Gasteiger partial charge in [0.25, 0.3) is 0 Å². The van der Waals surface area contributed by atoms with E-state index in [1.54, 1.807) is 0 Å². The highest BCUT2D eigenvalue weighted by molar-refractivity contribution is 5.84. The molecule has 0 aromatic heterocycles. The van der Waals surface area contributed by atoms with Gasteiger partial charge in [-0.05, 0) is 33.6 Å². The lowest BCUT2D eigenvalue weighted by Gasteiger charge is -2.40. The number of hydrogen-bond donors (Lipinski definition) is 2. The predicted octanol–water partition coefficient (Wildman–Crippen LogP) is 0.0916. The molecule has 3 atom stereocenters. The summed E-state index contributed by atoms with van der Waals surface area (Å²) in [6.45, 7) is 8.44. The van der Waals surface area contributed by atoms with Gasteiger partial charge in [0, 0.05) is 25.7 Å². The monoisotopic (exact) mass is 255 g/mol. The number of ether oxygens (including phenoxy) is 1. The number of nitrogens with two attached hydrogens (primary N) is 1. The van der Waals surface area contributed by atoms with E-state index >= 15 is 0 Å². The second kappa shape index (κ2) is 5.15. The second-order valence-electron chi connectivity index (χ2n) is 6.07. The molecule has 2 aliphatic rings. The van der Waals surface area contributed by atoms with Gasteiger partial charge in [-0.3, -0.25) is 15.0 Å². The molecule has 0 aromatic carbocycles. The number of amides is 1. The summed E-state index contributed by atoms with van der Waals surface area (Å²) in [5, 5.41) is 3.39. The van der Waals surface area contributed by atoms with Crippen molar-refractivity contribution in [3.63, 3.8) is 0 Å². The standard InChI is InChI=1S/C13H25N3O2/c1-9-6-16(7-10(2)18-9)8-13(3,12(14)17)15-11-4-5-11/h9-11,15H,4-8H2,1-3H3,(H2,14,17)/t9-,10+,13?. The molecule has 0 spiro atoms. The molecule has 1 saturated carbocycles. The van der Waals surface area contributed by atoms with Crippen molar-refractivity contribution in [2.45, 2.75) is 57.4 Å². The van der Waals surface area contributed by atoms with Crippen LogP contribution in [0.1, 0.15) is 33.6 Å². The van der Waals surface area contributed by atoms with E-state index in [2.05, 4.69) is 24.1 Å². The van der Waals surface area contributed by atoms with Crippen LogP contribution in [-0.4, -0.2) is 54.2 Å². The van der Waals surface area contributed by atoms with Crippen LogP contribution in [0.15, 0.2) is 0 Å². The molecule has 5 heteroatoms. The highest BCUT2D eigenvalue weighted by Crippen LogP contribution is 2.23. The van der Waals surface area contributed by atoms with Crippen molar-refractivity contribution in [2.24, 2.45) is 5.73 Å². The Kier molecular flexibility index (Phi) is 3.94. The first-order valence-corrected chi connectivity index (χ1v) is 6.84. The summed E-state index contributed by atoms with van der Waals surface area (Å²) in [4.78, 5) is 14.0. The third kappa shape index (κ3) is 3.43. The van der Waals surface area contributed by atoms with Gasteiger partial charge in [-0.15, -0.1) is 0 Å². The first kappa shape index (κ1) is 13.8. The molecule has 2 fully saturated rings. The van der Waals surface area contributed by atoms with Gasteiger partial charge in [0.2, 0.25) is 5.91 Å². The molecule has 0 bridgehead atoms. The Morgan fingerprint density at radius 1 is 1.39 bits per heavy atom. The van der Waals surface area contributed by atoms with Crippen LogP contribution >= 0.6 is 0 Å². The molecule has 2 rings (SSSR count). The maximum absolute atomic E-state index is 11.7. The number of nitrogens with one attached hydrogen (secondary N) is 1. The summed E-state index contributed by atoms with van der Waals surface area (Å²) in [5.41, 5.74) is 4.95. The van der Waals surface area contributed by atoms with Gasteiger partial charge in [0.05, 0.1) is 12.2 Å². The zero-order valence-electron chi connectivity index (χ0n) is 11.6. The number of nitrogens with zero attached hydrogens (tertiary/aromatic N) is 1. The normalized spacial score (nSPS) is 33.1. The average molecular weight is 255 g/mol. The number of primary amides is 1. The topological polar surface area (TPSA) is 67.6 Å². The van der Waals surface area contributed by atoms with Crippen molar-refractivity contribution in [3.05, 3.63) is 0 Å². The van der Waals surface area contributed by atoms with Crippen LogP contribution in [-0.2, 0) is 9.53 Å². The van der Waals surface area contributed by atoms with Crippen LogP contribution in [0, 0.1) is 0 Å². The summed E-state index contributed by atoms with van der Waals surface area (Å²) in [7, 11) is 0. The molecule has 1 unspecified atom stereocenters. The molecule has 3 N–H and O–H groups in total. The summed E-state index contributed by atoms with van der Waals surface area (Å²) in [5.74, 6) is -0.263. The van der Waals surface area contributed by atoms with E-state index in [9.17, 15) is 4.79 Å². The Morgan fingerprint density at radius 2 is 1.94 bits per heavy atom. The van der Waals surface area contributed by atoms with Crippen molar-refractivity contribution >= 4 is 5.91 Å². The van der Waals surface area contributed by atoms with Gasteiger partial charge in [0.15, 0.2) is 0 Å². The van der Waals surface area contributed by atoms with Gasteiger partial charge >= 0.3 is 0 Å². The summed E-state index contributed by atoms with van der Waals surface area (Å²) < 4.78 is 5.71. The van der Waals surface area contributed by atoms with Gasteiger partial charge in [0.1, 0.15) is 5.54 Å². The predicted molar refractivity (Wildman–Crippen MR) is 70.2 cm³/mol. The Balaban J connectivity index is 1.96. The molecule has 104 valence electrons. The minimum atomic E-state index is -0.627.